The van der Waals surface area contributed by atoms with Crippen LogP contribution in [0.15, 0.2) is 0 Å². The average Bonchev–Trinajstić information content (AvgIpc) is 2.56. The van der Waals surface area contributed by atoms with Gasteiger partial charge in [0.25, 0.3) is 0 Å². The van der Waals surface area contributed by atoms with Gasteiger partial charge in [-0.05, 0) is 48.0 Å². The van der Waals surface area contributed by atoms with E-state index in [2.05, 4.69) is 0 Å². The van der Waals surface area contributed by atoms with Crippen LogP contribution in [0.5, 0.6) is 0 Å². The van der Waals surface area contributed by atoms with E-state index in [0.717, 1.165) is 19.3 Å². The Kier molecular flexibility index (Phi) is 10.1. The zero-order valence-electron chi connectivity index (χ0n) is 17.7. The van der Waals surface area contributed by atoms with E-state index in [1.54, 1.807) is 0 Å². The van der Waals surface area contributed by atoms with Crippen molar-refractivity contribution in [1.82, 2.24) is 0 Å². The molecule has 1 N–H and O–H groups in total. The Morgan fingerprint density at radius 2 is 1.39 bits per heavy atom. The fourth-order valence-electron chi connectivity index (χ4n) is 1.71. The number of rotatable bonds is 11. The summed E-state index contributed by atoms with van der Waals surface area (Å²) in [5.74, 6) is -3.67. The SMILES string of the molecule is CCCCCOC(=O)C(C)OC(=O)C(C)OC(=O)C(C)(C)OC(=O)C(C)(C)O. The molecule has 0 saturated heterocycles. The Morgan fingerprint density at radius 1 is 0.857 bits per heavy atom. The molecule has 162 valence electrons. The first-order chi connectivity index (χ1) is 12.7. The summed E-state index contributed by atoms with van der Waals surface area (Å²) in [5.41, 5.74) is -3.54. The average molecular weight is 404 g/mol. The lowest BCUT2D eigenvalue weighted by molar-refractivity contribution is -0.195. The van der Waals surface area contributed by atoms with Crippen LogP contribution in [0.1, 0.15) is 67.7 Å². The maximum absolute atomic E-state index is 12.2. The second-order valence-corrected chi connectivity index (χ2v) is 7.46. The summed E-state index contributed by atoms with van der Waals surface area (Å²) in [5, 5.41) is 9.60. The molecule has 9 heteroatoms. The molecule has 2 atom stereocenters. The smallest absolute Gasteiger partial charge is 0.350 e. The third-order valence-corrected chi connectivity index (χ3v) is 3.57. The molecule has 9 nitrogen and oxygen atoms in total. The van der Waals surface area contributed by atoms with E-state index < -0.39 is 47.3 Å². The fourth-order valence-corrected chi connectivity index (χ4v) is 1.71. The minimum absolute atomic E-state index is 0.236. The van der Waals surface area contributed by atoms with Gasteiger partial charge in [0.15, 0.2) is 17.8 Å². The largest absolute Gasteiger partial charge is 0.463 e. The molecule has 0 amide bonds. The van der Waals surface area contributed by atoms with Crippen molar-refractivity contribution in [2.45, 2.75) is 91.1 Å². The number of carbonyl (C=O) groups excluding carboxylic acids is 4. The predicted octanol–water partition coefficient (Wildman–Crippen LogP) is 1.68. The molecule has 0 aliphatic rings. The standard InChI is InChI=1S/C19H32O9/c1-8-9-10-11-25-14(20)12(2)26-15(21)13(3)27-17(23)19(6,7)28-16(22)18(4,5)24/h12-13,24H,8-11H2,1-7H3. The van der Waals surface area contributed by atoms with Crippen molar-refractivity contribution in [2.24, 2.45) is 0 Å². The van der Waals surface area contributed by atoms with Crippen LogP contribution >= 0.6 is 0 Å². The van der Waals surface area contributed by atoms with Gasteiger partial charge >= 0.3 is 23.9 Å². The highest BCUT2D eigenvalue weighted by Gasteiger charge is 2.40. The summed E-state index contributed by atoms with van der Waals surface area (Å²) < 4.78 is 19.8. The Balaban J connectivity index is 4.61. The van der Waals surface area contributed by atoms with Gasteiger partial charge < -0.3 is 24.1 Å². The highest BCUT2D eigenvalue weighted by atomic mass is 16.6. The second kappa shape index (κ2) is 11.0. The van der Waals surface area contributed by atoms with E-state index in [1.165, 1.54) is 41.5 Å². The van der Waals surface area contributed by atoms with Gasteiger partial charge in [-0.3, -0.25) is 0 Å². The first-order valence-corrected chi connectivity index (χ1v) is 9.26. The molecule has 2 unspecified atom stereocenters. The lowest BCUT2D eigenvalue weighted by Gasteiger charge is -2.27. The lowest BCUT2D eigenvalue weighted by atomic mass is 10.1. The molecule has 0 heterocycles. The van der Waals surface area contributed by atoms with Crippen LogP contribution in [-0.2, 0) is 38.1 Å². The minimum atomic E-state index is -1.80. The summed E-state index contributed by atoms with van der Waals surface area (Å²) in [6.45, 7) is 9.79. The van der Waals surface area contributed by atoms with Gasteiger partial charge in [0, 0.05) is 0 Å². The molecule has 0 bridgehead atoms. The highest BCUT2D eigenvalue weighted by Crippen LogP contribution is 2.18. The summed E-state index contributed by atoms with van der Waals surface area (Å²) in [4.78, 5) is 47.7. The normalized spacial score (nSPS) is 13.9. The third kappa shape index (κ3) is 9.16. The monoisotopic (exact) mass is 404 g/mol. The Labute approximate surface area is 165 Å². The first kappa shape index (κ1) is 25.8. The molecule has 0 saturated carbocycles. The van der Waals surface area contributed by atoms with E-state index in [-0.39, 0.29) is 6.61 Å². The molecular formula is C19H32O9. The third-order valence-electron chi connectivity index (χ3n) is 3.57. The Hall–Kier alpha value is -2.16. The zero-order chi connectivity index (χ0) is 22.1. The van der Waals surface area contributed by atoms with E-state index in [1.807, 2.05) is 6.92 Å². The van der Waals surface area contributed by atoms with Crippen LogP contribution in [0.2, 0.25) is 0 Å². The van der Waals surface area contributed by atoms with Gasteiger partial charge in [0.2, 0.25) is 5.60 Å². The van der Waals surface area contributed by atoms with Crippen LogP contribution < -0.4 is 0 Å². The van der Waals surface area contributed by atoms with E-state index in [0.29, 0.717) is 0 Å². The van der Waals surface area contributed by atoms with Crippen LogP contribution in [-0.4, -0.2) is 59.0 Å². The quantitative estimate of drug-likeness (QED) is 0.311. The fraction of sp³-hybridized carbons (Fsp3) is 0.789. The molecule has 0 fully saturated rings. The van der Waals surface area contributed by atoms with Crippen molar-refractivity contribution in [3.8, 4) is 0 Å². The number of esters is 4. The molecule has 0 aliphatic carbocycles. The van der Waals surface area contributed by atoms with Gasteiger partial charge in [-0.2, -0.15) is 0 Å². The predicted molar refractivity (Wildman–Crippen MR) is 98.1 cm³/mol. The zero-order valence-corrected chi connectivity index (χ0v) is 17.7. The van der Waals surface area contributed by atoms with E-state index in [9.17, 15) is 24.3 Å². The molecule has 0 radical (unpaired) electrons. The molecular weight excluding hydrogens is 372 g/mol. The van der Waals surface area contributed by atoms with Crippen molar-refractivity contribution in [2.75, 3.05) is 6.61 Å². The van der Waals surface area contributed by atoms with Gasteiger partial charge in [0.1, 0.15) is 0 Å². The highest BCUT2D eigenvalue weighted by molar-refractivity contribution is 5.87. The van der Waals surface area contributed by atoms with Crippen LogP contribution in [0, 0.1) is 0 Å². The Bertz CT molecular complexity index is 560. The number of ether oxygens (including phenoxy) is 4. The van der Waals surface area contributed by atoms with Gasteiger partial charge in [-0.1, -0.05) is 19.8 Å². The summed E-state index contributed by atoms with van der Waals surface area (Å²) in [7, 11) is 0. The number of unbranched alkanes of at least 4 members (excludes halogenated alkanes) is 2. The molecule has 28 heavy (non-hydrogen) atoms. The van der Waals surface area contributed by atoms with Gasteiger partial charge in [-0.15, -0.1) is 0 Å². The van der Waals surface area contributed by atoms with Crippen molar-refractivity contribution < 1.29 is 43.2 Å². The summed E-state index contributed by atoms with van der Waals surface area (Å²) >= 11 is 0. The van der Waals surface area contributed by atoms with Crippen molar-refractivity contribution in [1.29, 1.82) is 0 Å². The second-order valence-electron chi connectivity index (χ2n) is 7.46. The van der Waals surface area contributed by atoms with Crippen molar-refractivity contribution >= 4 is 23.9 Å². The molecule has 0 rings (SSSR count). The van der Waals surface area contributed by atoms with Crippen LogP contribution in [0.25, 0.3) is 0 Å². The maximum atomic E-state index is 12.2. The molecule has 0 aromatic rings. The Morgan fingerprint density at radius 3 is 1.89 bits per heavy atom. The maximum Gasteiger partial charge on any atom is 0.350 e. The number of hydrogen-bond donors (Lipinski definition) is 1. The lowest BCUT2D eigenvalue weighted by Crippen LogP contribution is -2.46. The topological polar surface area (TPSA) is 125 Å². The van der Waals surface area contributed by atoms with Gasteiger partial charge in [0.05, 0.1) is 6.61 Å². The molecule has 0 spiro atoms. The molecule has 0 aromatic carbocycles. The van der Waals surface area contributed by atoms with Crippen LogP contribution in [0.4, 0.5) is 0 Å². The van der Waals surface area contributed by atoms with Crippen LogP contribution in [0.3, 0.4) is 0 Å². The van der Waals surface area contributed by atoms with Gasteiger partial charge in [-0.25, -0.2) is 19.2 Å². The van der Waals surface area contributed by atoms with Crippen molar-refractivity contribution in [3.05, 3.63) is 0 Å². The molecule has 0 aliphatic heterocycles. The van der Waals surface area contributed by atoms with E-state index in [4.69, 9.17) is 18.9 Å². The molecule has 0 aromatic heterocycles. The first-order valence-electron chi connectivity index (χ1n) is 9.26. The number of carbonyl (C=O) groups is 4. The summed E-state index contributed by atoms with van der Waals surface area (Å²) in [6, 6.07) is 0. The minimum Gasteiger partial charge on any atom is -0.463 e. The number of aliphatic hydroxyl groups is 1. The van der Waals surface area contributed by atoms with E-state index >= 15 is 0 Å². The van der Waals surface area contributed by atoms with Crippen molar-refractivity contribution in [3.63, 3.8) is 0 Å². The summed E-state index contributed by atoms with van der Waals surface area (Å²) in [6.07, 6.45) is 0.114. The number of hydrogen-bond acceptors (Lipinski definition) is 9.